The molecule has 7 heteroatoms. The van der Waals surface area contributed by atoms with Gasteiger partial charge in [-0.2, -0.15) is 0 Å². The molecule has 2 N–H and O–H groups in total. The van der Waals surface area contributed by atoms with Gasteiger partial charge in [0.25, 0.3) is 5.91 Å². The lowest BCUT2D eigenvalue weighted by atomic mass is 10.1. The Labute approximate surface area is 169 Å². The van der Waals surface area contributed by atoms with Crippen molar-refractivity contribution < 1.29 is 14.3 Å². The van der Waals surface area contributed by atoms with Crippen molar-refractivity contribution in [3.05, 3.63) is 57.8 Å². The Morgan fingerprint density at radius 1 is 1.11 bits per heavy atom. The third kappa shape index (κ3) is 5.81. The summed E-state index contributed by atoms with van der Waals surface area (Å²) in [5, 5.41) is 7.73. The van der Waals surface area contributed by atoms with E-state index in [2.05, 4.69) is 16.7 Å². The maximum absolute atomic E-state index is 12.7. The molecule has 1 aromatic heterocycles. The summed E-state index contributed by atoms with van der Waals surface area (Å²) < 4.78 is 5.69. The lowest BCUT2D eigenvalue weighted by Crippen LogP contribution is -2.48. The predicted molar refractivity (Wildman–Crippen MR) is 111 cm³/mol. The van der Waals surface area contributed by atoms with Gasteiger partial charge in [0.2, 0.25) is 0 Å². The predicted octanol–water partition coefficient (Wildman–Crippen LogP) is 3.04. The SMILES string of the molecule is C[C@H]1CN(C(=O)c2ccc(CNC(=O)NCCc3cccs3)cc2)C[C@H](C)O1. The van der Waals surface area contributed by atoms with E-state index in [0.29, 0.717) is 31.7 Å². The molecular formula is C21H27N3O3S. The fourth-order valence-corrected chi connectivity index (χ4v) is 4.00. The van der Waals surface area contributed by atoms with Gasteiger partial charge in [0.15, 0.2) is 0 Å². The van der Waals surface area contributed by atoms with Crippen molar-refractivity contribution in [2.24, 2.45) is 0 Å². The van der Waals surface area contributed by atoms with Gasteiger partial charge in [0, 0.05) is 36.6 Å². The lowest BCUT2D eigenvalue weighted by molar-refractivity contribution is -0.0586. The molecule has 3 rings (SSSR count). The van der Waals surface area contributed by atoms with Crippen LogP contribution in [0.4, 0.5) is 4.79 Å². The van der Waals surface area contributed by atoms with Crippen LogP contribution in [-0.2, 0) is 17.7 Å². The van der Waals surface area contributed by atoms with E-state index in [0.717, 1.165) is 12.0 Å². The number of ether oxygens (including phenoxy) is 1. The van der Waals surface area contributed by atoms with Gasteiger partial charge in [0.05, 0.1) is 12.2 Å². The highest BCUT2D eigenvalue weighted by molar-refractivity contribution is 7.09. The molecule has 2 atom stereocenters. The first-order valence-corrected chi connectivity index (χ1v) is 10.5. The fourth-order valence-electron chi connectivity index (χ4n) is 3.29. The van der Waals surface area contributed by atoms with E-state index in [1.54, 1.807) is 11.3 Å². The molecule has 0 bridgehead atoms. The van der Waals surface area contributed by atoms with Crippen LogP contribution in [0.25, 0.3) is 0 Å². The zero-order valence-corrected chi connectivity index (χ0v) is 17.1. The van der Waals surface area contributed by atoms with Gasteiger partial charge in [-0.3, -0.25) is 4.79 Å². The van der Waals surface area contributed by atoms with E-state index in [1.165, 1.54) is 4.88 Å². The second kappa shape index (κ2) is 9.71. The Morgan fingerprint density at radius 3 is 2.46 bits per heavy atom. The quantitative estimate of drug-likeness (QED) is 0.782. The first-order chi connectivity index (χ1) is 13.5. The van der Waals surface area contributed by atoms with Crippen molar-refractivity contribution in [2.75, 3.05) is 19.6 Å². The fraction of sp³-hybridized carbons (Fsp3) is 0.429. The van der Waals surface area contributed by atoms with E-state index >= 15 is 0 Å². The van der Waals surface area contributed by atoms with Crippen molar-refractivity contribution >= 4 is 23.3 Å². The van der Waals surface area contributed by atoms with Crippen molar-refractivity contribution in [2.45, 2.75) is 39.0 Å². The van der Waals surface area contributed by atoms with Gasteiger partial charge in [-0.15, -0.1) is 11.3 Å². The average molecular weight is 402 g/mol. The van der Waals surface area contributed by atoms with Gasteiger partial charge in [-0.25, -0.2) is 4.79 Å². The van der Waals surface area contributed by atoms with Gasteiger partial charge in [-0.05, 0) is 49.4 Å². The van der Waals surface area contributed by atoms with Crippen LogP contribution in [0.2, 0.25) is 0 Å². The summed E-state index contributed by atoms with van der Waals surface area (Å²) in [6, 6.07) is 11.3. The molecule has 1 aliphatic heterocycles. The Bertz CT molecular complexity index is 767. The summed E-state index contributed by atoms with van der Waals surface area (Å²) in [6.45, 7) is 6.21. The molecule has 0 unspecified atom stereocenters. The number of nitrogens with one attached hydrogen (secondary N) is 2. The number of benzene rings is 1. The first kappa shape index (κ1) is 20.4. The van der Waals surface area contributed by atoms with Gasteiger partial charge in [-0.1, -0.05) is 18.2 Å². The number of morpholine rings is 1. The first-order valence-electron chi connectivity index (χ1n) is 9.59. The molecular weight excluding hydrogens is 374 g/mol. The van der Waals surface area contributed by atoms with E-state index in [4.69, 9.17) is 4.74 Å². The van der Waals surface area contributed by atoms with Crippen molar-refractivity contribution in [3.8, 4) is 0 Å². The number of hydrogen-bond acceptors (Lipinski definition) is 4. The van der Waals surface area contributed by atoms with E-state index in [-0.39, 0.29) is 24.1 Å². The summed E-state index contributed by atoms with van der Waals surface area (Å²) in [5.74, 6) is 0.0211. The molecule has 28 heavy (non-hydrogen) atoms. The molecule has 0 spiro atoms. The van der Waals surface area contributed by atoms with Gasteiger partial charge in [0.1, 0.15) is 0 Å². The molecule has 6 nitrogen and oxygen atoms in total. The molecule has 0 saturated carbocycles. The molecule has 1 aromatic carbocycles. The molecule has 0 aliphatic carbocycles. The average Bonchev–Trinajstić information content (AvgIpc) is 3.19. The number of hydrogen-bond donors (Lipinski definition) is 2. The van der Waals surface area contributed by atoms with Crippen LogP contribution in [0.3, 0.4) is 0 Å². The smallest absolute Gasteiger partial charge is 0.315 e. The van der Waals surface area contributed by atoms with Crippen LogP contribution < -0.4 is 10.6 Å². The number of carbonyl (C=O) groups excluding carboxylic acids is 2. The standard InChI is InChI=1S/C21H27N3O3S/c1-15-13-24(14-16(2)27-15)20(25)18-7-5-17(6-8-18)12-23-21(26)22-10-9-19-4-3-11-28-19/h3-8,11,15-16H,9-10,12-14H2,1-2H3,(H2,22,23,26)/t15-,16-/m0/s1. The van der Waals surface area contributed by atoms with Crippen LogP contribution in [0, 0.1) is 0 Å². The van der Waals surface area contributed by atoms with Crippen molar-refractivity contribution in [1.82, 2.24) is 15.5 Å². The number of carbonyl (C=O) groups is 2. The van der Waals surface area contributed by atoms with Crippen LogP contribution in [0.15, 0.2) is 41.8 Å². The molecule has 1 saturated heterocycles. The van der Waals surface area contributed by atoms with Crippen molar-refractivity contribution in [3.63, 3.8) is 0 Å². The Hall–Kier alpha value is -2.38. The number of rotatable bonds is 6. The Morgan fingerprint density at radius 2 is 1.82 bits per heavy atom. The topological polar surface area (TPSA) is 70.7 Å². The number of amides is 3. The summed E-state index contributed by atoms with van der Waals surface area (Å²) >= 11 is 1.69. The van der Waals surface area contributed by atoms with Crippen LogP contribution in [0.1, 0.15) is 34.6 Å². The Kier molecular flexibility index (Phi) is 7.06. The van der Waals surface area contributed by atoms with Crippen LogP contribution >= 0.6 is 11.3 Å². The largest absolute Gasteiger partial charge is 0.372 e. The highest BCUT2D eigenvalue weighted by Crippen LogP contribution is 2.15. The third-order valence-corrected chi connectivity index (χ3v) is 5.53. The lowest BCUT2D eigenvalue weighted by Gasteiger charge is -2.35. The monoisotopic (exact) mass is 401 g/mol. The molecule has 3 amide bonds. The summed E-state index contributed by atoms with van der Waals surface area (Å²) in [7, 11) is 0. The van der Waals surface area contributed by atoms with Gasteiger partial charge >= 0.3 is 6.03 Å². The minimum absolute atomic E-state index is 0.0211. The molecule has 1 aliphatic rings. The molecule has 150 valence electrons. The second-order valence-electron chi connectivity index (χ2n) is 7.10. The van der Waals surface area contributed by atoms with E-state index < -0.39 is 0 Å². The summed E-state index contributed by atoms with van der Waals surface area (Å²) in [6.07, 6.45) is 0.935. The maximum atomic E-state index is 12.7. The zero-order valence-electron chi connectivity index (χ0n) is 16.3. The third-order valence-electron chi connectivity index (χ3n) is 4.60. The molecule has 2 aromatic rings. The maximum Gasteiger partial charge on any atom is 0.315 e. The van der Waals surface area contributed by atoms with E-state index in [9.17, 15) is 9.59 Å². The summed E-state index contributed by atoms with van der Waals surface area (Å²) in [4.78, 5) is 27.7. The number of nitrogens with zero attached hydrogens (tertiary/aromatic N) is 1. The minimum atomic E-state index is -0.187. The van der Waals surface area contributed by atoms with Crippen LogP contribution in [0.5, 0.6) is 0 Å². The van der Waals surface area contributed by atoms with Crippen LogP contribution in [-0.4, -0.2) is 48.7 Å². The molecule has 1 fully saturated rings. The highest BCUT2D eigenvalue weighted by Gasteiger charge is 2.26. The second-order valence-corrected chi connectivity index (χ2v) is 8.14. The Balaban J connectivity index is 1.43. The highest BCUT2D eigenvalue weighted by atomic mass is 32.1. The minimum Gasteiger partial charge on any atom is -0.372 e. The van der Waals surface area contributed by atoms with Gasteiger partial charge < -0.3 is 20.3 Å². The van der Waals surface area contributed by atoms with Crippen molar-refractivity contribution in [1.29, 1.82) is 0 Å². The molecule has 2 heterocycles. The zero-order chi connectivity index (χ0) is 19.9. The number of urea groups is 1. The molecule has 0 radical (unpaired) electrons. The normalized spacial score (nSPS) is 19.3. The number of thiophene rings is 1. The summed E-state index contributed by atoms with van der Waals surface area (Å²) in [5.41, 5.74) is 1.61. The van der Waals surface area contributed by atoms with E-state index in [1.807, 2.05) is 54.5 Å².